The lowest BCUT2D eigenvalue weighted by Crippen LogP contribution is -2.20. The summed E-state index contributed by atoms with van der Waals surface area (Å²) in [4.78, 5) is 28.0. The fraction of sp³-hybridized carbons (Fsp3) is 0.158. The Labute approximate surface area is 169 Å². The number of anilines is 1. The second kappa shape index (κ2) is 9.14. The summed E-state index contributed by atoms with van der Waals surface area (Å²) in [6, 6.07) is 13.4. The van der Waals surface area contributed by atoms with E-state index in [-0.39, 0.29) is 13.2 Å². The molecule has 28 heavy (non-hydrogen) atoms. The van der Waals surface area contributed by atoms with Crippen LogP contribution in [0.15, 0.2) is 57.5 Å². The van der Waals surface area contributed by atoms with Crippen molar-refractivity contribution in [1.29, 1.82) is 0 Å². The van der Waals surface area contributed by atoms with Crippen molar-refractivity contribution in [3.05, 3.63) is 70.3 Å². The topological polar surface area (TPSA) is 104 Å². The average molecular weight is 446 g/mol. The smallest absolute Gasteiger partial charge is 0.338 e. The van der Waals surface area contributed by atoms with Crippen molar-refractivity contribution >= 4 is 33.5 Å². The van der Waals surface area contributed by atoms with Crippen molar-refractivity contribution in [3.8, 4) is 5.75 Å². The number of halogens is 1. The van der Waals surface area contributed by atoms with Crippen LogP contribution in [0.3, 0.4) is 0 Å². The number of nitrogens with zero attached hydrogens (tertiary/aromatic N) is 2. The molecular weight excluding hydrogens is 430 g/mol. The fourth-order valence-electron chi connectivity index (χ4n) is 2.18. The number of esters is 1. The number of hydrogen-bond acceptors (Lipinski definition) is 7. The van der Waals surface area contributed by atoms with E-state index in [1.807, 2.05) is 0 Å². The van der Waals surface area contributed by atoms with Crippen LogP contribution in [0.2, 0.25) is 0 Å². The van der Waals surface area contributed by atoms with Crippen LogP contribution >= 0.6 is 15.9 Å². The first-order valence-corrected chi connectivity index (χ1v) is 9.03. The van der Waals surface area contributed by atoms with Crippen LogP contribution in [0.4, 0.5) is 5.69 Å². The van der Waals surface area contributed by atoms with Gasteiger partial charge in [-0.1, -0.05) is 21.1 Å². The molecule has 0 spiro atoms. The van der Waals surface area contributed by atoms with Crippen molar-refractivity contribution in [1.82, 2.24) is 10.1 Å². The normalized spacial score (nSPS) is 10.4. The van der Waals surface area contributed by atoms with Crippen LogP contribution in [-0.2, 0) is 16.1 Å². The molecule has 0 atom stereocenters. The molecule has 1 aromatic heterocycles. The third-order valence-corrected chi connectivity index (χ3v) is 4.02. The van der Waals surface area contributed by atoms with E-state index in [0.717, 1.165) is 4.47 Å². The highest BCUT2D eigenvalue weighted by Crippen LogP contribution is 2.15. The van der Waals surface area contributed by atoms with Gasteiger partial charge in [0.05, 0.1) is 5.56 Å². The number of amides is 1. The Hall–Kier alpha value is -3.20. The minimum absolute atomic E-state index is 0.150. The van der Waals surface area contributed by atoms with E-state index in [2.05, 4.69) is 31.4 Å². The van der Waals surface area contributed by atoms with E-state index in [0.29, 0.717) is 28.7 Å². The molecule has 0 bridgehead atoms. The lowest BCUT2D eigenvalue weighted by molar-refractivity contribution is -0.119. The fourth-order valence-corrected chi connectivity index (χ4v) is 2.44. The lowest BCUT2D eigenvalue weighted by atomic mass is 10.2. The Bertz CT molecular complexity index is 954. The summed E-state index contributed by atoms with van der Waals surface area (Å²) >= 11 is 3.31. The zero-order valence-corrected chi connectivity index (χ0v) is 16.4. The van der Waals surface area contributed by atoms with E-state index < -0.39 is 11.9 Å². The molecule has 0 fully saturated rings. The van der Waals surface area contributed by atoms with E-state index in [1.165, 1.54) is 0 Å². The number of nitrogens with one attached hydrogen (secondary N) is 1. The maximum atomic E-state index is 12.1. The summed E-state index contributed by atoms with van der Waals surface area (Å²) in [6.45, 7) is 1.46. The Morgan fingerprint density at radius 1 is 1.11 bits per heavy atom. The molecule has 0 aliphatic rings. The van der Waals surface area contributed by atoms with Crippen LogP contribution in [0, 0.1) is 6.92 Å². The lowest BCUT2D eigenvalue weighted by Gasteiger charge is -2.07. The summed E-state index contributed by atoms with van der Waals surface area (Å²) in [5.74, 6) is 0.392. The van der Waals surface area contributed by atoms with Gasteiger partial charge in [-0.25, -0.2) is 4.79 Å². The van der Waals surface area contributed by atoms with Gasteiger partial charge in [-0.05, 0) is 48.5 Å². The molecule has 1 heterocycles. The Morgan fingerprint density at radius 3 is 2.46 bits per heavy atom. The summed E-state index contributed by atoms with van der Waals surface area (Å²) in [5, 5.41) is 6.37. The van der Waals surface area contributed by atoms with Gasteiger partial charge in [-0.15, -0.1) is 0 Å². The minimum atomic E-state index is -0.605. The summed E-state index contributed by atoms with van der Waals surface area (Å²) in [5.41, 5.74) is 0.918. The zero-order valence-electron chi connectivity index (χ0n) is 14.8. The third-order valence-electron chi connectivity index (χ3n) is 3.49. The average Bonchev–Trinajstić information content (AvgIpc) is 3.12. The van der Waals surface area contributed by atoms with Gasteiger partial charge in [0.1, 0.15) is 5.75 Å². The number of hydrogen-bond donors (Lipinski definition) is 1. The van der Waals surface area contributed by atoms with Crippen molar-refractivity contribution in [2.75, 3.05) is 11.9 Å². The van der Waals surface area contributed by atoms with E-state index >= 15 is 0 Å². The van der Waals surface area contributed by atoms with Crippen LogP contribution in [0.1, 0.15) is 22.1 Å². The van der Waals surface area contributed by atoms with E-state index in [4.69, 9.17) is 14.0 Å². The molecule has 144 valence electrons. The van der Waals surface area contributed by atoms with Gasteiger partial charge >= 0.3 is 5.97 Å². The van der Waals surface area contributed by atoms with Crippen LogP contribution in [-0.4, -0.2) is 28.6 Å². The summed E-state index contributed by atoms with van der Waals surface area (Å²) in [7, 11) is 0. The number of carbonyl (C=O) groups is 2. The van der Waals surface area contributed by atoms with Crippen molar-refractivity contribution < 1.29 is 23.6 Å². The second-order valence-electron chi connectivity index (χ2n) is 5.67. The molecule has 3 aromatic rings. The maximum absolute atomic E-state index is 12.1. The molecule has 0 aliphatic heterocycles. The van der Waals surface area contributed by atoms with Gasteiger partial charge < -0.3 is 19.3 Å². The first kappa shape index (κ1) is 19.6. The van der Waals surface area contributed by atoms with Gasteiger partial charge in [0, 0.05) is 17.1 Å². The molecule has 3 rings (SSSR count). The highest BCUT2D eigenvalue weighted by Gasteiger charge is 2.11. The standard InChI is InChI=1S/C19H16BrN3O5/c1-12-21-17(23-28-12)10-26-16-8-2-13(3-9-16)19(25)27-11-18(24)22-15-6-4-14(20)5-7-15/h2-9H,10-11H2,1H3,(H,22,24). The molecule has 0 saturated carbocycles. The molecule has 8 nitrogen and oxygen atoms in total. The molecule has 0 aliphatic carbocycles. The predicted molar refractivity (Wildman–Crippen MR) is 103 cm³/mol. The third kappa shape index (κ3) is 5.65. The number of rotatable bonds is 7. The van der Waals surface area contributed by atoms with Gasteiger partial charge in [0.2, 0.25) is 11.7 Å². The quantitative estimate of drug-likeness (QED) is 0.554. The van der Waals surface area contributed by atoms with Gasteiger partial charge in [-0.2, -0.15) is 4.98 Å². The van der Waals surface area contributed by atoms with E-state index in [1.54, 1.807) is 55.5 Å². The molecule has 9 heteroatoms. The number of carbonyl (C=O) groups excluding carboxylic acids is 2. The molecule has 2 aromatic carbocycles. The Kier molecular flexibility index (Phi) is 6.38. The number of ether oxygens (including phenoxy) is 2. The molecule has 0 radical (unpaired) electrons. The van der Waals surface area contributed by atoms with Gasteiger partial charge in [0.25, 0.3) is 5.91 Å². The van der Waals surface area contributed by atoms with Crippen LogP contribution in [0.25, 0.3) is 0 Å². The van der Waals surface area contributed by atoms with Gasteiger partial charge in [0.15, 0.2) is 13.2 Å². The highest BCUT2D eigenvalue weighted by atomic mass is 79.9. The Balaban J connectivity index is 1.46. The van der Waals surface area contributed by atoms with E-state index in [9.17, 15) is 9.59 Å². The molecular formula is C19H16BrN3O5. The van der Waals surface area contributed by atoms with Crippen molar-refractivity contribution in [2.45, 2.75) is 13.5 Å². The van der Waals surface area contributed by atoms with Gasteiger partial charge in [-0.3, -0.25) is 4.79 Å². The number of aryl methyl sites for hydroxylation is 1. The molecule has 0 unspecified atom stereocenters. The molecule has 1 amide bonds. The van der Waals surface area contributed by atoms with Crippen LogP contribution in [0.5, 0.6) is 5.75 Å². The van der Waals surface area contributed by atoms with Crippen molar-refractivity contribution in [2.24, 2.45) is 0 Å². The first-order valence-electron chi connectivity index (χ1n) is 8.24. The van der Waals surface area contributed by atoms with Crippen LogP contribution < -0.4 is 10.1 Å². The number of benzene rings is 2. The largest absolute Gasteiger partial charge is 0.485 e. The minimum Gasteiger partial charge on any atom is -0.485 e. The monoisotopic (exact) mass is 445 g/mol. The predicted octanol–water partition coefficient (Wildman–Crippen LogP) is 3.52. The molecule has 0 saturated heterocycles. The first-order chi connectivity index (χ1) is 13.5. The maximum Gasteiger partial charge on any atom is 0.338 e. The summed E-state index contributed by atoms with van der Waals surface area (Å²) in [6.07, 6.45) is 0. The second-order valence-corrected chi connectivity index (χ2v) is 6.59. The number of aromatic nitrogens is 2. The summed E-state index contributed by atoms with van der Waals surface area (Å²) < 4.78 is 16.3. The molecule has 1 N–H and O–H groups in total. The zero-order chi connectivity index (χ0) is 19.9. The SMILES string of the molecule is Cc1nc(COc2ccc(C(=O)OCC(=O)Nc3ccc(Br)cc3)cc2)no1. The Morgan fingerprint density at radius 2 is 1.82 bits per heavy atom. The van der Waals surface area contributed by atoms with Crippen molar-refractivity contribution in [3.63, 3.8) is 0 Å². The highest BCUT2D eigenvalue weighted by molar-refractivity contribution is 9.10.